The molecule has 0 aromatic heterocycles. The molecular formula is C15H21N3O2S. The highest BCUT2D eigenvalue weighted by atomic mass is 32.1. The molecule has 0 aliphatic carbocycles. The van der Waals surface area contributed by atoms with Crippen molar-refractivity contribution in [3.05, 3.63) is 29.8 Å². The lowest BCUT2D eigenvalue weighted by atomic mass is 10.1. The van der Waals surface area contributed by atoms with Gasteiger partial charge in [-0.05, 0) is 32.0 Å². The third-order valence-electron chi connectivity index (χ3n) is 3.67. The van der Waals surface area contributed by atoms with E-state index in [1.165, 1.54) is 0 Å². The van der Waals surface area contributed by atoms with Crippen LogP contribution >= 0.6 is 12.2 Å². The van der Waals surface area contributed by atoms with Gasteiger partial charge in [-0.2, -0.15) is 0 Å². The molecule has 1 aromatic carbocycles. The summed E-state index contributed by atoms with van der Waals surface area (Å²) in [5.41, 5.74) is 7.02. The molecule has 1 aromatic rings. The number of rotatable bonds is 5. The van der Waals surface area contributed by atoms with Gasteiger partial charge in [-0.25, -0.2) is 0 Å². The van der Waals surface area contributed by atoms with Crippen LogP contribution in [0.25, 0.3) is 0 Å². The van der Waals surface area contributed by atoms with Crippen molar-refractivity contribution < 1.29 is 9.53 Å². The molecule has 21 heavy (non-hydrogen) atoms. The molecule has 1 heterocycles. The highest BCUT2D eigenvalue weighted by molar-refractivity contribution is 7.80. The first-order valence-corrected chi connectivity index (χ1v) is 7.45. The van der Waals surface area contributed by atoms with Gasteiger partial charge in [-0.15, -0.1) is 0 Å². The number of para-hydroxylation sites is 1. The van der Waals surface area contributed by atoms with Crippen LogP contribution in [0.15, 0.2) is 24.3 Å². The number of nitrogens with zero attached hydrogens (tertiary/aromatic N) is 1. The van der Waals surface area contributed by atoms with E-state index in [0.29, 0.717) is 23.8 Å². The zero-order chi connectivity index (χ0) is 15.2. The Morgan fingerprint density at radius 3 is 2.76 bits per heavy atom. The summed E-state index contributed by atoms with van der Waals surface area (Å²) in [5.74, 6) is -0.0623. The quantitative estimate of drug-likeness (QED) is 0.804. The summed E-state index contributed by atoms with van der Waals surface area (Å²) in [6.45, 7) is 1.87. The molecule has 1 fully saturated rings. The van der Waals surface area contributed by atoms with Crippen molar-refractivity contribution in [2.24, 2.45) is 5.73 Å². The molecular weight excluding hydrogens is 286 g/mol. The van der Waals surface area contributed by atoms with E-state index in [4.69, 9.17) is 22.7 Å². The fraction of sp³-hybridized carbons (Fsp3) is 0.467. The Kier molecular flexibility index (Phi) is 5.67. The molecule has 0 unspecified atom stereocenters. The van der Waals surface area contributed by atoms with Crippen LogP contribution in [0.3, 0.4) is 0 Å². The Bertz CT molecular complexity index is 515. The number of carbonyl (C=O) groups is 1. The second kappa shape index (κ2) is 7.49. The van der Waals surface area contributed by atoms with Crippen molar-refractivity contribution in [2.75, 3.05) is 32.1 Å². The first kappa shape index (κ1) is 15.9. The number of benzene rings is 1. The highest BCUT2D eigenvalue weighted by Gasteiger charge is 2.20. The molecule has 1 aliphatic heterocycles. The van der Waals surface area contributed by atoms with E-state index >= 15 is 0 Å². The third kappa shape index (κ3) is 4.49. The Morgan fingerprint density at radius 1 is 1.43 bits per heavy atom. The summed E-state index contributed by atoms with van der Waals surface area (Å²) < 4.78 is 5.34. The van der Waals surface area contributed by atoms with Crippen LogP contribution in [0.4, 0.5) is 5.69 Å². The molecule has 0 radical (unpaired) electrons. The van der Waals surface area contributed by atoms with Gasteiger partial charge in [0.25, 0.3) is 0 Å². The minimum Gasteiger partial charge on any atom is -0.389 e. The molecule has 1 aliphatic rings. The Balaban J connectivity index is 1.94. The molecule has 5 nitrogen and oxygen atoms in total. The van der Waals surface area contributed by atoms with E-state index in [1.807, 2.05) is 19.2 Å². The van der Waals surface area contributed by atoms with Gasteiger partial charge < -0.3 is 15.8 Å². The smallest absolute Gasteiger partial charge is 0.238 e. The summed E-state index contributed by atoms with van der Waals surface area (Å²) in [4.78, 5) is 14.5. The normalized spacial score (nSPS) is 15.9. The van der Waals surface area contributed by atoms with E-state index in [-0.39, 0.29) is 10.9 Å². The maximum Gasteiger partial charge on any atom is 0.238 e. The van der Waals surface area contributed by atoms with Gasteiger partial charge in [0.2, 0.25) is 5.91 Å². The molecule has 2 rings (SSSR count). The molecule has 1 saturated heterocycles. The maximum absolute atomic E-state index is 12.2. The SMILES string of the molecule is CN(CC(=O)Nc1ccccc1C(N)=S)C1CCOCC1. The van der Waals surface area contributed by atoms with Crippen molar-refractivity contribution in [3.63, 3.8) is 0 Å². The topological polar surface area (TPSA) is 67.6 Å². The summed E-state index contributed by atoms with van der Waals surface area (Å²) >= 11 is 4.99. The average molecular weight is 307 g/mol. The highest BCUT2D eigenvalue weighted by Crippen LogP contribution is 2.16. The number of amides is 1. The third-order valence-corrected chi connectivity index (χ3v) is 3.89. The fourth-order valence-electron chi connectivity index (χ4n) is 2.48. The lowest BCUT2D eigenvalue weighted by Gasteiger charge is -2.30. The number of hydrogen-bond donors (Lipinski definition) is 2. The molecule has 0 spiro atoms. The van der Waals surface area contributed by atoms with Gasteiger partial charge >= 0.3 is 0 Å². The van der Waals surface area contributed by atoms with E-state index in [2.05, 4.69) is 10.2 Å². The second-order valence-corrected chi connectivity index (χ2v) is 5.66. The van der Waals surface area contributed by atoms with Crippen LogP contribution in [0.2, 0.25) is 0 Å². The minimum atomic E-state index is -0.0623. The number of thiocarbonyl (C=S) groups is 1. The number of hydrogen-bond acceptors (Lipinski definition) is 4. The van der Waals surface area contributed by atoms with Crippen LogP contribution in [0.5, 0.6) is 0 Å². The van der Waals surface area contributed by atoms with Crippen molar-refractivity contribution in [1.82, 2.24) is 4.90 Å². The molecule has 0 saturated carbocycles. The Labute approximate surface area is 130 Å². The molecule has 114 valence electrons. The minimum absolute atomic E-state index is 0.0623. The van der Waals surface area contributed by atoms with Crippen LogP contribution in [0, 0.1) is 0 Å². The van der Waals surface area contributed by atoms with Crippen molar-refractivity contribution >= 4 is 28.8 Å². The molecule has 0 atom stereocenters. The zero-order valence-corrected chi connectivity index (χ0v) is 13.0. The lowest BCUT2D eigenvalue weighted by Crippen LogP contribution is -2.41. The predicted octanol–water partition coefficient (Wildman–Crippen LogP) is 1.37. The zero-order valence-electron chi connectivity index (χ0n) is 12.2. The van der Waals surface area contributed by atoms with Crippen molar-refractivity contribution in [1.29, 1.82) is 0 Å². The van der Waals surface area contributed by atoms with E-state index in [9.17, 15) is 4.79 Å². The number of anilines is 1. The molecule has 3 N–H and O–H groups in total. The van der Waals surface area contributed by atoms with Crippen LogP contribution < -0.4 is 11.1 Å². The number of nitrogens with two attached hydrogens (primary N) is 1. The number of likely N-dealkylation sites (N-methyl/N-ethyl adjacent to an activating group) is 1. The van der Waals surface area contributed by atoms with Crippen LogP contribution in [-0.2, 0) is 9.53 Å². The van der Waals surface area contributed by atoms with E-state index in [1.54, 1.807) is 12.1 Å². The summed E-state index contributed by atoms with van der Waals surface area (Å²) in [6, 6.07) is 7.70. The Morgan fingerprint density at radius 2 is 2.10 bits per heavy atom. The van der Waals surface area contributed by atoms with Gasteiger partial charge in [-0.3, -0.25) is 9.69 Å². The average Bonchev–Trinajstić information content (AvgIpc) is 2.48. The Hall–Kier alpha value is -1.50. The maximum atomic E-state index is 12.2. The lowest BCUT2D eigenvalue weighted by molar-refractivity contribution is -0.118. The van der Waals surface area contributed by atoms with Crippen molar-refractivity contribution in [3.8, 4) is 0 Å². The summed E-state index contributed by atoms with van der Waals surface area (Å²) in [7, 11) is 1.97. The van der Waals surface area contributed by atoms with E-state index < -0.39 is 0 Å². The van der Waals surface area contributed by atoms with Gasteiger partial charge in [0.1, 0.15) is 4.99 Å². The largest absolute Gasteiger partial charge is 0.389 e. The van der Waals surface area contributed by atoms with Gasteiger partial charge in [0, 0.05) is 24.8 Å². The first-order valence-electron chi connectivity index (χ1n) is 7.04. The fourth-order valence-corrected chi connectivity index (χ4v) is 2.66. The van der Waals surface area contributed by atoms with Gasteiger partial charge in [-0.1, -0.05) is 24.4 Å². The first-order chi connectivity index (χ1) is 10.1. The summed E-state index contributed by atoms with van der Waals surface area (Å²) in [5, 5.41) is 2.88. The van der Waals surface area contributed by atoms with Crippen LogP contribution in [0.1, 0.15) is 18.4 Å². The summed E-state index contributed by atoms with van der Waals surface area (Å²) in [6.07, 6.45) is 1.93. The molecule has 0 bridgehead atoms. The van der Waals surface area contributed by atoms with E-state index in [0.717, 1.165) is 26.1 Å². The number of ether oxygens (including phenoxy) is 1. The molecule has 1 amide bonds. The van der Waals surface area contributed by atoms with Gasteiger partial charge in [0.15, 0.2) is 0 Å². The number of carbonyl (C=O) groups excluding carboxylic acids is 1. The standard InChI is InChI=1S/C15H21N3O2S/c1-18(11-6-8-20-9-7-11)10-14(19)17-13-5-3-2-4-12(13)15(16)21/h2-5,11H,6-10H2,1H3,(H2,16,21)(H,17,19). The van der Waals surface area contributed by atoms with Gasteiger partial charge in [0.05, 0.1) is 12.2 Å². The van der Waals surface area contributed by atoms with Crippen molar-refractivity contribution in [2.45, 2.75) is 18.9 Å². The predicted molar refractivity (Wildman–Crippen MR) is 87.4 cm³/mol. The molecule has 6 heteroatoms. The monoisotopic (exact) mass is 307 g/mol. The van der Waals surface area contributed by atoms with Crippen LogP contribution in [-0.4, -0.2) is 48.6 Å². The second-order valence-electron chi connectivity index (χ2n) is 5.22. The number of nitrogens with one attached hydrogen (secondary N) is 1.